The largest absolute Gasteiger partial charge is 0.493 e. The first-order valence-corrected chi connectivity index (χ1v) is 16.9. The monoisotopic (exact) mass is 648 g/mol. The number of unbranched alkanes of at least 4 members (excludes halogenated alkanes) is 2. The van der Waals surface area contributed by atoms with Gasteiger partial charge in [0.25, 0.3) is 0 Å². The van der Waals surface area contributed by atoms with Gasteiger partial charge in [-0.15, -0.1) is 11.3 Å². The second kappa shape index (κ2) is 15.4. The third kappa shape index (κ3) is 7.63. The van der Waals surface area contributed by atoms with Crippen molar-refractivity contribution in [3.63, 3.8) is 0 Å². The van der Waals surface area contributed by atoms with Gasteiger partial charge in [0.05, 0.1) is 38.8 Å². The Morgan fingerprint density at radius 3 is 2.52 bits per heavy atom. The standard InChI is InChI=1S/C35H44N4O6S/c1-21(40)37-25-16-14-22-19-29(43-2)33(44-3)34(45-4)32(22)23-15-17-26(28(41)20-24(23)25)36-18-10-6-9-13-31(42)39-35-38-27-11-7-5-8-12-30(27)46-35/h15,17,19-20,25H,5-14,16,18H2,1-4H3,(H,36,41)(H,37,40)(H,38,39,42)/t25-/m1/s1. The van der Waals surface area contributed by atoms with Crippen LogP contribution in [0.25, 0.3) is 11.1 Å². The van der Waals surface area contributed by atoms with Crippen LogP contribution in [0, 0.1) is 0 Å². The number of nitrogens with one attached hydrogen (secondary N) is 3. The van der Waals surface area contributed by atoms with Crippen molar-refractivity contribution in [3.8, 4) is 28.4 Å². The van der Waals surface area contributed by atoms with Crippen LogP contribution in [0.3, 0.4) is 0 Å². The van der Waals surface area contributed by atoms with Crippen molar-refractivity contribution in [1.82, 2.24) is 10.3 Å². The summed E-state index contributed by atoms with van der Waals surface area (Å²) in [6.45, 7) is 2.07. The number of rotatable bonds is 12. The topological polar surface area (TPSA) is 128 Å². The van der Waals surface area contributed by atoms with Gasteiger partial charge in [0.2, 0.25) is 23.0 Å². The van der Waals surface area contributed by atoms with Crippen molar-refractivity contribution in [2.45, 2.75) is 83.6 Å². The lowest BCUT2D eigenvalue weighted by atomic mass is 9.95. The van der Waals surface area contributed by atoms with Gasteiger partial charge in [0, 0.05) is 30.3 Å². The first-order valence-electron chi connectivity index (χ1n) is 16.1. The van der Waals surface area contributed by atoms with Crippen LogP contribution < -0.4 is 35.6 Å². The summed E-state index contributed by atoms with van der Waals surface area (Å²) < 4.78 is 17.1. The predicted octanol–water partition coefficient (Wildman–Crippen LogP) is 6.20. The Balaban J connectivity index is 1.26. The van der Waals surface area contributed by atoms with Gasteiger partial charge in [-0.2, -0.15) is 0 Å². The van der Waals surface area contributed by atoms with E-state index in [-0.39, 0.29) is 23.3 Å². The van der Waals surface area contributed by atoms with E-state index in [1.807, 2.05) is 12.1 Å². The molecule has 5 rings (SSSR count). The Morgan fingerprint density at radius 2 is 1.76 bits per heavy atom. The molecule has 0 saturated carbocycles. The fraction of sp³-hybridized carbons (Fsp3) is 0.486. The summed E-state index contributed by atoms with van der Waals surface area (Å²) in [5, 5.41) is 10.0. The number of aryl methyl sites for hydroxylation is 3. The number of anilines is 2. The molecule has 246 valence electrons. The zero-order valence-corrected chi connectivity index (χ0v) is 28.0. The maximum atomic E-state index is 13.5. The molecule has 10 nitrogen and oxygen atoms in total. The van der Waals surface area contributed by atoms with Crippen LogP contribution in [-0.4, -0.2) is 44.7 Å². The summed E-state index contributed by atoms with van der Waals surface area (Å²) in [5.41, 5.74) is 4.76. The number of ether oxygens (including phenoxy) is 3. The molecule has 0 unspecified atom stereocenters. The minimum atomic E-state index is -0.361. The molecule has 0 saturated heterocycles. The highest BCUT2D eigenvalue weighted by atomic mass is 32.1. The molecule has 2 amide bonds. The van der Waals surface area contributed by atoms with E-state index in [1.165, 1.54) is 31.1 Å². The molecule has 1 atom stereocenters. The summed E-state index contributed by atoms with van der Waals surface area (Å²) in [4.78, 5) is 44.2. The molecule has 46 heavy (non-hydrogen) atoms. The molecular formula is C35H44N4O6S. The van der Waals surface area contributed by atoms with E-state index in [2.05, 4.69) is 20.9 Å². The van der Waals surface area contributed by atoms with Crippen molar-refractivity contribution in [2.75, 3.05) is 38.5 Å². The first kappa shape index (κ1) is 33.2. The molecule has 0 fully saturated rings. The third-order valence-corrected chi connectivity index (χ3v) is 9.73. The molecule has 3 N–H and O–H groups in total. The smallest absolute Gasteiger partial charge is 0.226 e. The lowest BCUT2D eigenvalue weighted by molar-refractivity contribution is -0.119. The van der Waals surface area contributed by atoms with E-state index in [0.29, 0.717) is 48.7 Å². The Kier molecular flexibility index (Phi) is 11.2. The summed E-state index contributed by atoms with van der Waals surface area (Å²) >= 11 is 1.62. The summed E-state index contributed by atoms with van der Waals surface area (Å²) in [6, 6.07) is 6.90. The minimum Gasteiger partial charge on any atom is -0.493 e. The highest BCUT2D eigenvalue weighted by Crippen LogP contribution is 2.50. The molecular weight excluding hydrogens is 604 g/mol. The number of carbonyl (C=O) groups is 2. The van der Waals surface area contributed by atoms with Crippen molar-refractivity contribution in [2.24, 2.45) is 0 Å². The minimum absolute atomic E-state index is 0.00557. The zero-order valence-electron chi connectivity index (χ0n) is 27.2. The number of amides is 2. The average Bonchev–Trinajstić information content (AvgIpc) is 3.14. The Labute approximate surface area is 274 Å². The SMILES string of the molecule is COc1cc2c(c(OC)c1OC)-c1ccc(NCCCCCC(=O)Nc3nc4c(s3)CCCCC4)c(=O)cc1[C@H](NC(C)=O)CC2. The number of methoxy groups -OCH3 is 3. The van der Waals surface area contributed by atoms with Crippen LogP contribution in [0.2, 0.25) is 0 Å². The highest BCUT2D eigenvalue weighted by molar-refractivity contribution is 7.15. The second-order valence-corrected chi connectivity index (χ2v) is 12.9. The summed E-state index contributed by atoms with van der Waals surface area (Å²) in [6.07, 6.45) is 9.74. The zero-order chi connectivity index (χ0) is 32.6. The van der Waals surface area contributed by atoms with Gasteiger partial charge in [-0.25, -0.2) is 4.98 Å². The van der Waals surface area contributed by atoms with Gasteiger partial charge in [-0.05, 0) is 86.3 Å². The fourth-order valence-electron chi connectivity index (χ4n) is 6.43. The molecule has 3 aromatic rings. The number of nitrogens with zero attached hydrogens (tertiary/aromatic N) is 1. The molecule has 1 aromatic heterocycles. The van der Waals surface area contributed by atoms with Crippen molar-refractivity contribution in [3.05, 3.63) is 56.2 Å². The fourth-order valence-corrected chi connectivity index (χ4v) is 7.49. The molecule has 2 aliphatic rings. The normalized spacial score (nSPS) is 15.3. The third-order valence-electron chi connectivity index (χ3n) is 8.65. The van der Waals surface area contributed by atoms with Crippen molar-refractivity contribution < 1.29 is 23.8 Å². The van der Waals surface area contributed by atoms with Crippen LogP contribution >= 0.6 is 11.3 Å². The van der Waals surface area contributed by atoms with Crippen molar-refractivity contribution >= 4 is 34.0 Å². The maximum Gasteiger partial charge on any atom is 0.226 e. The number of hydrogen-bond acceptors (Lipinski definition) is 9. The molecule has 0 bridgehead atoms. The predicted molar refractivity (Wildman–Crippen MR) is 182 cm³/mol. The summed E-state index contributed by atoms with van der Waals surface area (Å²) in [7, 11) is 4.73. The van der Waals surface area contributed by atoms with E-state index in [1.54, 1.807) is 44.8 Å². The van der Waals surface area contributed by atoms with Crippen molar-refractivity contribution in [1.29, 1.82) is 0 Å². The Hall–Kier alpha value is -4.12. The number of thiazole rings is 1. The van der Waals surface area contributed by atoms with Gasteiger partial charge in [-0.3, -0.25) is 14.4 Å². The number of fused-ring (bicyclic) bond motifs is 4. The van der Waals surface area contributed by atoms with E-state index < -0.39 is 0 Å². The number of aromatic nitrogens is 1. The van der Waals surface area contributed by atoms with Gasteiger partial charge in [-0.1, -0.05) is 18.9 Å². The molecule has 11 heteroatoms. The Morgan fingerprint density at radius 1 is 0.957 bits per heavy atom. The molecule has 2 aromatic carbocycles. The van der Waals surface area contributed by atoms with Crippen LogP contribution in [0.4, 0.5) is 10.8 Å². The molecule has 0 spiro atoms. The molecule has 1 heterocycles. The Bertz CT molecular complexity index is 1610. The molecule has 0 aliphatic heterocycles. The quantitative estimate of drug-likeness (QED) is 0.157. The summed E-state index contributed by atoms with van der Waals surface area (Å²) in [5.74, 6) is 1.36. The van der Waals surface area contributed by atoms with Gasteiger partial charge in [0.15, 0.2) is 16.6 Å². The van der Waals surface area contributed by atoms with Gasteiger partial charge >= 0.3 is 0 Å². The van der Waals surface area contributed by atoms with E-state index in [4.69, 9.17) is 14.2 Å². The molecule has 0 radical (unpaired) electrons. The first-order chi connectivity index (χ1) is 22.3. The van der Waals surface area contributed by atoms with Gasteiger partial charge in [0.1, 0.15) is 0 Å². The van der Waals surface area contributed by atoms with Gasteiger partial charge < -0.3 is 30.2 Å². The number of hydrogen-bond donors (Lipinski definition) is 3. The highest BCUT2D eigenvalue weighted by Gasteiger charge is 2.29. The van der Waals surface area contributed by atoms with E-state index in [0.717, 1.165) is 65.2 Å². The van der Waals surface area contributed by atoms with E-state index in [9.17, 15) is 14.4 Å². The maximum absolute atomic E-state index is 13.5. The average molecular weight is 649 g/mol. The van der Waals surface area contributed by atoms with Crippen LogP contribution in [0.1, 0.15) is 86.0 Å². The lowest BCUT2D eigenvalue weighted by Crippen LogP contribution is -2.26. The molecule has 2 aliphatic carbocycles. The van der Waals surface area contributed by atoms with E-state index >= 15 is 0 Å². The van der Waals surface area contributed by atoms with Crippen LogP contribution in [0.5, 0.6) is 17.2 Å². The number of carbonyl (C=O) groups excluding carboxylic acids is 2. The van der Waals surface area contributed by atoms with Crippen LogP contribution in [0.15, 0.2) is 29.1 Å². The number of benzene rings is 1. The lowest BCUT2D eigenvalue weighted by Gasteiger charge is -2.19. The second-order valence-electron chi connectivity index (χ2n) is 11.8. The van der Waals surface area contributed by atoms with Crippen LogP contribution in [-0.2, 0) is 28.9 Å².